The summed E-state index contributed by atoms with van der Waals surface area (Å²) in [4.78, 5) is 52.8. The first-order valence-corrected chi connectivity index (χ1v) is 17.6. The summed E-state index contributed by atoms with van der Waals surface area (Å²) in [6.45, 7) is 5.43. The van der Waals surface area contributed by atoms with Crippen molar-refractivity contribution in [3.05, 3.63) is 83.4 Å². The van der Waals surface area contributed by atoms with Crippen LogP contribution in [0.2, 0.25) is 0 Å². The summed E-state index contributed by atoms with van der Waals surface area (Å²) >= 11 is 2.63. The number of hydrogen-bond acceptors (Lipinski definition) is 12. The molecular weight excluding hydrogens is 679 g/mol. The van der Waals surface area contributed by atoms with Crippen LogP contribution in [0.4, 0.5) is 0 Å². The number of amides is 1. The number of aromatic hydroxyl groups is 2. The van der Waals surface area contributed by atoms with Gasteiger partial charge in [-0.3, -0.25) is 9.59 Å². The maximum absolute atomic E-state index is 12.2. The summed E-state index contributed by atoms with van der Waals surface area (Å²) in [5, 5.41) is 33.5. The van der Waals surface area contributed by atoms with Gasteiger partial charge in [0, 0.05) is 11.1 Å². The summed E-state index contributed by atoms with van der Waals surface area (Å²) < 4.78 is 6.06. The summed E-state index contributed by atoms with van der Waals surface area (Å²) in [5.74, 6) is -2.93. The van der Waals surface area contributed by atoms with Gasteiger partial charge in [0.05, 0.1) is 18.0 Å². The van der Waals surface area contributed by atoms with E-state index in [1.807, 2.05) is 74.5 Å². The van der Waals surface area contributed by atoms with Gasteiger partial charge >= 0.3 is 11.9 Å². The molecule has 2 aromatic carbocycles. The Kier molecular flexibility index (Phi) is 11.7. The van der Waals surface area contributed by atoms with E-state index in [4.69, 9.17) is 9.84 Å². The number of benzene rings is 2. The van der Waals surface area contributed by atoms with Crippen LogP contribution in [0.15, 0.2) is 60.7 Å². The van der Waals surface area contributed by atoms with Crippen molar-refractivity contribution < 1.29 is 34.4 Å². The predicted octanol–water partition coefficient (Wildman–Crippen LogP) is 7.02. The quantitative estimate of drug-likeness (QED) is 0.101. The molecule has 50 heavy (non-hydrogen) atoms. The first-order chi connectivity index (χ1) is 24.2. The third kappa shape index (κ3) is 7.87. The molecule has 0 saturated heterocycles. The molecule has 0 unspecified atom stereocenters. The molecule has 0 atom stereocenters. The molecule has 0 radical (unpaired) electrons. The van der Waals surface area contributed by atoms with Crippen LogP contribution in [-0.4, -0.2) is 66.3 Å². The minimum atomic E-state index is -1.17. The lowest BCUT2D eigenvalue weighted by atomic mass is 10.1. The number of thiazole rings is 2. The molecule has 1 amide bonds. The Bertz CT molecular complexity index is 2150. The number of pyridine rings is 2. The van der Waals surface area contributed by atoms with Crippen LogP contribution >= 0.6 is 22.7 Å². The molecule has 4 N–H and O–H groups in total. The number of nitrogens with zero attached hydrogens (tertiary/aromatic N) is 4. The van der Waals surface area contributed by atoms with Crippen molar-refractivity contribution in [1.82, 2.24) is 25.3 Å². The molecule has 6 rings (SSSR count). The fourth-order valence-electron chi connectivity index (χ4n) is 5.02. The lowest BCUT2D eigenvalue weighted by Crippen LogP contribution is -2.30. The zero-order valence-electron chi connectivity index (χ0n) is 27.6. The highest BCUT2D eigenvalue weighted by molar-refractivity contribution is 7.22. The minimum absolute atomic E-state index is 0.0314. The molecular formula is C36H35N5O7S2. The molecule has 4 heterocycles. The number of aryl methyl sites for hydroxylation is 2. The van der Waals surface area contributed by atoms with Gasteiger partial charge in [0.1, 0.15) is 37.0 Å². The molecule has 0 spiro atoms. The second-order valence-corrected chi connectivity index (χ2v) is 12.9. The van der Waals surface area contributed by atoms with Crippen molar-refractivity contribution in [2.24, 2.45) is 0 Å². The van der Waals surface area contributed by atoms with E-state index in [9.17, 15) is 24.6 Å². The molecule has 6 aromatic rings. The number of carboxylic acids is 1. The summed E-state index contributed by atoms with van der Waals surface area (Å²) in [6.07, 6.45) is 2.93. The SMILES string of the molecule is CCCc1nc(C(=O)NCC(=O)O)c(O)c2sc(-c3ccccc3)nc12.CCCc1nc(C(=O)OCC)c(O)c2sc(-c3ccccc3)nc12. The number of esters is 1. The fourth-order valence-corrected chi connectivity index (χ4v) is 7.09. The van der Waals surface area contributed by atoms with Crippen LogP contribution in [0, 0.1) is 0 Å². The number of fused-ring (bicyclic) bond motifs is 2. The van der Waals surface area contributed by atoms with E-state index in [0.717, 1.165) is 34.0 Å². The second-order valence-electron chi connectivity index (χ2n) is 10.9. The van der Waals surface area contributed by atoms with Crippen LogP contribution in [-0.2, 0) is 22.4 Å². The van der Waals surface area contributed by atoms with E-state index in [-0.39, 0.29) is 29.5 Å². The number of hydrogen-bond donors (Lipinski definition) is 4. The van der Waals surface area contributed by atoms with E-state index in [0.29, 0.717) is 44.7 Å². The topological polar surface area (TPSA) is 185 Å². The first-order valence-electron chi connectivity index (χ1n) is 16.0. The van der Waals surface area contributed by atoms with Gasteiger partial charge in [0.2, 0.25) is 0 Å². The maximum Gasteiger partial charge on any atom is 0.360 e. The Balaban J connectivity index is 0.000000195. The van der Waals surface area contributed by atoms with E-state index < -0.39 is 24.4 Å². The van der Waals surface area contributed by atoms with Crippen molar-refractivity contribution >= 4 is 61.0 Å². The van der Waals surface area contributed by atoms with Gasteiger partial charge in [-0.05, 0) is 19.8 Å². The number of aromatic nitrogens is 4. The number of rotatable bonds is 11. The lowest BCUT2D eigenvalue weighted by molar-refractivity contribution is -0.135. The third-order valence-corrected chi connectivity index (χ3v) is 9.49. The zero-order valence-corrected chi connectivity index (χ0v) is 29.2. The summed E-state index contributed by atoms with van der Waals surface area (Å²) in [6, 6.07) is 19.3. The molecule has 12 nitrogen and oxygen atoms in total. The van der Waals surface area contributed by atoms with Gasteiger partial charge in [0.15, 0.2) is 22.9 Å². The smallest absolute Gasteiger partial charge is 0.360 e. The van der Waals surface area contributed by atoms with Crippen molar-refractivity contribution in [1.29, 1.82) is 0 Å². The Morgan fingerprint density at radius 2 is 1.16 bits per heavy atom. The molecule has 0 aliphatic heterocycles. The van der Waals surface area contributed by atoms with Crippen LogP contribution in [0.1, 0.15) is 66.0 Å². The Labute approximate surface area is 295 Å². The minimum Gasteiger partial charge on any atom is -0.504 e. The lowest BCUT2D eigenvalue weighted by Gasteiger charge is -2.08. The zero-order chi connectivity index (χ0) is 35.8. The largest absolute Gasteiger partial charge is 0.504 e. The van der Waals surface area contributed by atoms with Crippen molar-refractivity contribution in [2.45, 2.75) is 46.5 Å². The Hall–Kier alpha value is -5.47. The number of carbonyl (C=O) groups excluding carboxylic acids is 2. The highest BCUT2D eigenvalue weighted by Crippen LogP contribution is 2.40. The maximum atomic E-state index is 12.2. The molecule has 0 aliphatic carbocycles. The monoisotopic (exact) mass is 713 g/mol. The molecule has 4 aromatic heterocycles. The predicted molar refractivity (Wildman–Crippen MR) is 193 cm³/mol. The molecule has 14 heteroatoms. The fraction of sp³-hybridized carbons (Fsp3) is 0.250. The summed E-state index contributed by atoms with van der Waals surface area (Å²) in [5.41, 5.74) is 4.23. The summed E-state index contributed by atoms with van der Waals surface area (Å²) in [7, 11) is 0. The number of carboxylic acid groups (broad SMARTS) is 1. The van der Waals surface area contributed by atoms with Crippen LogP contribution in [0.3, 0.4) is 0 Å². The van der Waals surface area contributed by atoms with E-state index >= 15 is 0 Å². The van der Waals surface area contributed by atoms with Crippen molar-refractivity contribution in [3.63, 3.8) is 0 Å². The third-order valence-electron chi connectivity index (χ3n) is 7.27. The van der Waals surface area contributed by atoms with Gasteiger partial charge in [-0.1, -0.05) is 87.4 Å². The van der Waals surface area contributed by atoms with Crippen molar-refractivity contribution in [3.8, 4) is 32.6 Å². The van der Waals surface area contributed by atoms with Gasteiger partial charge in [-0.2, -0.15) is 0 Å². The number of ether oxygens (including phenoxy) is 1. The van der Waals surface area contributed by atoms with Gasteiger partial charge in [-0.25, -0.2) is 24.7 Å². The van der Waals surface area contributed by atoms with Gasteiger partial charge < -0.3 is 25.4 Å². The van der Waals surface area contributed by atoms with Crippen LogP contribution in [0.5, 0.6) is 11.5 Å². The normalized spacial score (nSPS) is 10.9. The molecule has 0 fully saturated rings. The average Bonchev–Trinajstić information content (AvgIpc) is 3.78. The molecule has 258 valence electrons. The molecule has 0 bridgehead atoms. The van der Waals surface area contributed by atoms with Crippen LogP contribution < -0.4 is 5.32 Å². The molecule has 0 saturated carbocycles. The first kappa shape index (κ1) is 35.8. The second kappa shape index (κ2) is 16.3. The Morgan fingerprint density at radius 3 is 1.60 bits per heavy atom. The van der Waals surface area contributed by atoms with E-state index in [2.05, 4.69) is 25.3 Å². The average molecular weight is 714 g/mol. The van der Waals surface area contributed by atoms with E-state index in [1.165, 1.54) is 22.7 Å². The highest BCUT2D eigenvalue weighted by atomic mass is 32.1. The number of aliphatic carboxylic acids is 1. The number of carbonyl (C=O) groups is 3. The van der Waals surface area contributed by atoms with Gasteiger partial charge in [-0.15, -0.1) is 22.7 Å². The van der Waals surface area contributed by atoms with E-state index in [1.54, 1.807) is 6.92 Å². The highest BCUT2D eigenvalue weighted by Gasteiger charge is 2.24. The number of nitrogens with one attached hydrogen (secondary N) is 1. The van der Waals surface area contributed by atoms with Gasteiger partial charge in [0.25, 0.3) is 5.91 Å². The Morgan fingerprint density at radius 1 is 0.700 bits per heavy atom. The van der Waals surface area contributed by atoms with Crippen molar-refractivity contribution in [2.75, 3.05) is 13.2 Å². The standard InChI is InChI=1S/C18H17N3O4S.C18H18N2O3S/c1-2-6-11-13-16(26-18(21-13)10-7-4-3-5-8-10)15(24)14(20-11)17(25)19-9-12(22)23;1-3-8-12-13-16(15(21)14(19-12)18(22)23-4-2)24-17(20-13)11-9-6-5-7-10-11/h3-5,7-8,24H,2,6,9H2,1H3,(H,19,25)(H,22,23);5-7,9-10,21H,3-4,8H2,1-2H3. The van der Waals surface area contributed by atoms with Crippen LogP contribution in [0.25, 0.3) is 41.6 Å². The molecule has 0 aliphatic rings.